The lowest BCUT2D eigenvalue weighted by molar-refractivity contribution is -0.129. The maximum Gasteiger partial charge on any atom is 0.345 e. The van der Waals surface area contributed by atoms with E-state index in [0.717, 1.165) is 10.4 Å². The minimum Gasteiger partial charge on any atom is -0.477 e. The van der Waals surface area contributed by atoms with Crippen LogP contribution in [-0.4, -0.2) is 17.0 Å². The number of rotatable bonds is 6. The van der Waals surface area contributed by atoms with Gasteiger partial charge in [0, 0.05) is 10.3 Å². The molecule has 1 heterocycles. The first-order valence-electron chi connectivity index (χ1n) is 7.03. The molecular weight excluding hydrogens is 298 g/mol. The highest BCUT2D eigenvalue weighted by molar-refractivity contribution is 7.13. The summed E-state index contributed by atoms with van der Waals surface area (Å²) in [6, 6.07) is 13.2. The van der Waals surface area contributed by atoms with Gasteiger partial charge in [0.1, 0.15) is 4.88 Å². The number of carbonyl (C=O) groups excluding carboxylic acids is 1. The van der Waals surface area contributed by atoms with E-state index < -0.39 is 11.4 Å². The van der Waals surface area contributed by atoms with Gasteiger partial charge in [0.05, 0.1) is 6.54 Å². The molecule has 0 unspecified atom stereocenters. The summed E-state index contributed by atoms with van der Waals surface area (Å²) in [7, 11) is 0. The molecule has 0 atom stereocenters. The molecule has 116 valence electrons. The van der Waals surface area contributed by atoms with Gasteiger partial charge in [-0.1, -0.05) is 44.2 Å². The Labute approximate surface area is 133 Å². The molecule has 5 heteroatoms. The Balaban J connectivity index is 1.94. The van der Waals surface area contributed by atoms with Gasteiger partial charge in [-0.05, 0) is 24.1 Å². The Morgan fingerprint density at radius 2 is 1.82 bits per heavy atom. The van der Waals surface area contributed by atoms with Crippen LogP contribution >= 0.6 is 11.3 Å². The molecule has 2 rings (SSSR count). The van der Waals surface area contributed by atoms with Gasteiger partial charge in [0.15, 0.2) is 0 Å². The van der Waals surface area contributed by atoms with Crippen LogP contribution in [0.3, 0.4) is 0 Å². The molecule has 0 aliphatic rings. The topological polar surface area (TPSA) is 66.4 Å². The number of carboxylic acids is 1. The molecule has 1 aromatic carbocycles. The van der Waals surface area contributed by atoms with Crippen molar-refractivity contribution in [3.63, 3.8) is 0 Å². The summed E-state index contributed by atoms with van der Waals surface area (Å²) in [5, 5.41) is 11.8. The number of benzene rings is 1. The molecule has 0 aliphatic carbocycles. The van der Waals surface area contributed by atoms with Gasteiger partial charge in [-0.25, -0.2) is 4.79 Å². The summed E-state index contributed by atoms with van der Waals surface area (Å²) in [6.07, 6.45) is 0.657. The maximum absolute atomic E-state index is 12.4. The van der Waals surface area contributed by atoms with Gasteiger partial charge in [-0.3, -0.25) is 4.79 Å². The number of hydrogen-bond donors (Lipinski definition) is 2. The summed E-state index contributed by atoms with van der Waals surface area (Å²) in [5.41, 5.74) is 0.598. The van der Waals surface area contributed by atoms with Crippen LogP contribution in [0.2, 0.25) is 0 Å². The molecule has 0 bridgehead atoms. The second kappa shape index (κ2) is 6.75. The summed E-state index contributed by atoms with van der Waals surface area (Å²) in [4.78, 5) is 24.3. The van der Waals surface area contributed by atoms with Crippen LogP contribution in [0.25, 0.3) is 0 Å². The Hall–Kier alpha value is -2.14. The predicted octanol–water partition coefficient (Wildman–Crippen LogP) is 3.33. The average Bonchev–Trinajstić information content (AvgIpc) is 2.94. The predicted molar refractivity (Wildman–Crippen MR) is 87.1 cm³/mol. The van der Waals surface area contributed by atoms with Gasteiger partial charge >= 0.3 is 5.97 Å². The maximum atomic E-state index is 12.4. The highest BCUT2D eigenvalue weighted by Gasteiger charge is 2.27. The van der Waals surface area contributed by atoms with Gasteiger partial charge < -0.3 is 10.4 Å². The highest BCUT2D eigenvalue weighted by Crippen LogP contribution is 2.23. The average molecular weight is 317 g/mol. The molecule has 2 N–H and O–H groups in total. The van der Waals surface area contributed by atoms with E-state index >= 15 is 0 Å². The van der Waals surface area contributed by atoms with E-state index in [1.54, 1.807) is 12.1 Å². The quantitative estimate of drug-likeness (QED) is 0.859. The molecule has 0 aliphatic heterocycles. The van der Waals surface area contributed by atoms with E-state index in [-0.39, 0.29) is 10.8 Å². The minimum absolute atomic E-state index is 0.0402. The van der Waals surface area contributed by atoms with Crippen molar-refractivity contribution in [3.05, 3.63) is 57.8 Å². The standard InChI is InChI=1S/C17H19NO3S/c1-17(2,10-12-6-4-3-5-7-12)16(21)18-11-13-8-9-14(22-13)15(19)20/h3-9H,10-11H2,1-2H3,(H,18,21)(H,19,20). The number of carboxylic acid groups (broad SMARTS) is 1. The summed E-state index contributed by atoms with van der Waals surface area (Å²) >= 11 is 1.18. The van der Waals surface area contributed by atoms with E-state index in [9.17, 15) is 9.59 Å². The van der Waals surface area contributed by atoms with Crippen LogP contribution in [0.15, 0.2) is 42.5 Å². The van der Waals surface area contributed by atoms with Crippen molar-refractivity contribution in [2.75, 3.05) is 0 Å². The van der Waals surface area contributed by atoms with Gasteiger partial charge in [0.2, 0.25) is 5.91 Å². The van der Waals surface area contributed by atoms with Crippen molar-refractivity contribution >= 4 is 23.2 Å². The van der Waals surface area contributed by atoms with Crippen LogP contribution < -0.4 is 5.32 Å². The van der Waals surface area contributed by atoms with Crippen LogP contribution in [-0.2, 0) is 17.8 Å². The van der Waals surface area contributed by atoms with Crippen molar-refractivity contribution in [3.8, 4) is 0 Å². The largest absolute Gasteiger partial charge is 0.477 e. The van der Waals surface area contributed by atoms with Crippen molar-refractivity contribution in [1.29, 1.82) is 0 Å². The number of nitrogens with one attached hydrogen (secondary N) is 1. The lowest BCUT2D eigenvalue weighted by Crippen LogP contribution is -2.37. The molecule has 0 spiro atoms. The van der Waals surface area contributed by atoms with Gasteiger partial charge in [-0.15, -0.1) is 11.3 Å². The lowest BCUT2D eigenvalue weighted by atomic mass is 9.85. The lowest BCUT2D eigenvalue weighted by Gasteiger charge is -2.23. The highest BCUT2D eigenvalue weighted by atomic mass is 32.1. The fourth-order valence-electron chi connectivity index (χ4n) is 2.18. The van der Waals surface area contributed by atoms with Crippen molar-refractivity contribution in [1.82, 2.24) is 5.32 Å². The Bertz CT molecular complexity index is 662. The number of aromatic carboxylic acids is 1. The fraction of sp³-hybridized carbons (Fsp3) is 0.294. The van der Waals surface area contributed by atoms with Crippen LogP contribution in [0.4, 0.5) is 0 Å². The first kappa shape index (κ1) is 16.2. The zero-order valence-corrected chi connectivity index (χ0v) is 13.4. The molecule has 4 nitrogen and oxygen atoms in total. The number of thiophene rings is 1. The molecule has 0 fully saturated rings. The first-order chi connectivity index (χ1) is 10.4. The zero-order valence-electron chi connectivity index (χ0n) is 12.6. The van der Waals surface area contributed by atoms with Crippen molar-refractivity contribution < 1.29 is 14.7 Å². The fourth-order valence-corrected chi connectivity index (χ4v) is 2.97. The third-order valence-electron chi connectivity index (χ3n) is 3.40. The monoisotopic (exact) mass is 317 g/mol. The smallest absolute Gasteiger partial charge is 0.345 e. The number of amides is 1. The molecule has 0 saturated heterocycles. The van der Waals surface area contributed by atoms with Gasteiger partial charge in [0.25, 0.3) is 0 Å². The Morgan fingerprint density at radius 3 is 2.41 bits per heavy atom. The van der Waals surface area contributed by atoms with E-state index in [2.05, 4.69) is 5.32 Å². The molecule has 2 aromatic rings. The third-order valence-corrected chi connectivity index (χ3v) is 4.47. The molecule has 1 aromatic heterocycles. The number of carbonyl (C=O) groups is 2. The Kier molecular flexibility index (Phi) is 4.98. The third kappa shape index (κ3) is 4.18. The van der Waals surface area contributed by atoms with E-state index in [1.165, 1.54) is 11.3 Å². The SMILES string of the molecule is CC(C)(Cc1ccccc1)C(=O)NCc1ccc(C(=O)O)s1. The Morgan fingerprint density at radius 1 is 1.14 bits per heavy atom. The molecular formula is C17H19NO3S. The molecule has 1 amide bonds. The normalized spacial score (nSPS) is 11.2. The number of hydrogen-bond acceptors (Lipinski definition) is 3. The van der Waals surface area contributed by atoms with Crippen LogP contribution in [0.5, 0.6) is 0 Å². The van der Waals surface area contributed by atoms with E-state index in [0.29, 0.717) is 13.0 Å². The summed E-state index contributed by atoms with van der Waals surface area (Å²) < 4.78 is 0. The molecule has 0 saturated carbocycles. The molecule has 0 radical (unpaired) electrons. The molecule has 22 heavy (non-hydrogen) atoms. The van der Waals surface area contributed by atoms with Crippen molar-refractivity contribution in [2.24, 2.45) is 5.41 Å². The van der Waals surface area contributed by atoms with E-state index in [4.69, 9.17) is 5.11 Å². The van der Waals surface area contributed by atoms with Crippen molar-refractivity contribution in [2.45, 2.75) is 26.8 Å². The van der Waals surface area contributed by atoms with Crippen LogP contribution in [0.1, 0.15) is 34.0 Å². The van der Waals surface area contributed by atoms with Crippen LogP contribution in [0, 0.1) is 5.41 Å². The van der Waals surface area contributed by atoms with E-state index in [1.807, 2.05) is 44.2 Å². The summed E-state index contributed by atoms with van der Waals surface area (Å²) in [6.45, 7) is 4.17. The second-order valence-electron chi connectivity index (χ2n) is 5.80. The minimum atomic E-state index is -0.938. The van der Waals surface area contributed by atoms with Gasteiger partial charge in [-0.2, -0.15) is 0 Å². The first-order valence-corrected chi connectivity index (χ1v) is 7.84. The zero-order chi connectivity index (χ0) is 16.2. The summed E-state index contributed by atoms with van der Waals surface area (Å²) in [5.74, 6) is -0.978. The second-order valence-corrected chi connectivity index (χ2v) is 6.97.